The van der Waals surface area contributed by atoms with E-state index >= 15 is 0 Å². The van der Waals surface area contributed by atoms with E-state index in [2.05, 4.69) is 5.32 Å². The summed E-state index contributed by atoms with van der Waals surface area (Å²) in [5, 5.41) is 11.6. The third kappa shape index (κ3) is 4.73. The summed E-state index contributed by atoms with van der Waals surface area (Å²) in [7, 11) is 0. The smallest absolute Gasteiger partial charge is 0.303 e. The van der Waals surface area contributed by atoms with Crippen LogP contribution in [0.5, 0.6) is 0 Å². The van der Waals surface area contributed by atoms with Crippen molar-refractivity contribution in [3.8, 4) is 0 Å². The van der Waals surface area contributed by atoms with Crippen LogP contribution < -0.4 is 5.32 Å². The molecule has 0 unspecified atom stereocenters. The van der Waals surface area contributed by atoms with Gasteiger partial charge in [-0.1, -0.05) is 25.1 Å². The highest BCUT2D eigenvalue weighted by atomic mass is 16.4. The van der Waals surface area contributed by atoms with E-state index in [0.717, 1.165) is 12.0 Å². The molecule has 0 spiro atoms. The number of benzene rings is 1. The van der Waals surface area contributed by atoms with Gasteiger partial charge in [-0.3, -0.25) is 9.59 Å². The fraction of sp³-hybridized carbons (Fsp3) is 0.467. The Hall–Kier alpha value is -1.84. The van der Waals surface area contributed by atoms with Crippen molar-refractivity contribution < 1.29 is 14.7 Å². The SMILES string of the molecule is CCc1ccccc1C(=O)NC(C)(C)CCC(=O)O. The molecule has 0 aliphatic carbocycles. The molecule has 0 aliphatic heterocycles. The second kappa shape index (κ2) is 6.36. The van der Waals surface area contributed by atoms with Crippen LogP contribution in [-0.2, 0) is 11.2 Å². The van der Waals surface area contributed by atoms with Crippen LogP contribution in [0.3, 0.4) is 0 Å². The lowest BCUT2D eigenvalue weighted by Gasteiger charge is -2.26. The Morgan fingerprint density at radius 1 is 1.26 bits per heavy atom. The Morgan fingerprint density at radius 2 is 1.89 bits per heavy atom. The van der Waals surface area contributed by atoms with E-state index in [0.29, 0.717) is 12.0 Å². The third-order valence-electron chi connectivity index (χ3n) is 3.06. The van der Waals surface area contributed by atoms with Gasteiger partial charge < -0.3 is 10.4 Å². The minimum absolute atomic E-state index is 0.0443. The fourth-order valence-corrected chi connectivity index (χ4v) is 1.91. The van der Waals surface area contributed by atoms with Crippen molar-refractivity contribution in [1.82, 2.24) is 5.32 Å². The molecule has 0 heterocycles. The molecule has 2 N–H and O–H groups in total. The number of nitrogens with one attached hydrogen (secondary N) is 1. The highest BCUT2D eigenvalue weighted by Gasteiger charge is 2.22. The Balaban J connectivity index is 2.75. The topological polar surface area (TPSA) is 66.4 Å². The molecular formula is C15H21NO3. The van der Waals surface area contributed by atoms with Crippen molar-refractivity contribution in [2.75, 3.05) is 0 Å². The molecule has 0 saturated carbocycles. The largest absolute Gasteiger partial charge is 0.481 e. The molecule has 1 rings (SSSR count). The summed E-state index contributed by atoms with van der Waals surface area (Å²) >= 11 is 0. The van der Waals surface area contributed by atoms with Crippen molar-refractivity contribution in [1.29, 1.82) is 0 Å². The standard InChI is InChI=1S/C15H21NO3/c1-4-11-7-5-6-8-12(11)14(19)16-15(2,3)10-9-13(17)18/h5-8H,4,9-10H2,1-3H3,(H,16,19)(H,17,18). The summed E-state index contributed by atoms with van der Waals surface area (Å²) in [5.41, 5.74) is 1.12. The number of carboxylic acid groups (broad SMARTS) is 1. The summed E-state index contributed by atoms with van der Waals surface area (Å²) in [6.45, 7) is 5.67. The van der Waals surface area contributed by atoms with Gasteiger partial charge in [0.1, 0.15) is 0 Å². The molecule has 1 aromatic rings. The van der Waals surface area contributed by atoms with Gasteiger partial charge in [0.15, 0.2) is 0 Å². The van der Waals surface area contributed by atoms with Gasteiger partial charge in [-0.05, 0) is 38.3 Å². The second-order valence-corrected chi connectivity index (χ2v) is 5.24. The first kappa shape index (κ1) is 15.2. The zero-order valence-electron chi connectivity index (χ0n) is 11.7. The maximum absolute atomic E-state index is 12.2. The van der Waals surface area contributed by atoms with Crippen LogP contribution in [0.15, 0.2) is 24.3 Å². The Bertz CT molecular complexity index is 466. The molecule has 19 heavy (non-hydrogen) atoms. The van der Waals surface area contributed by atoms with Crippen molar-refractivity contribution in [3.63, 3.8) is 0 Å². The van der Waals surface area contributed by atoms with Gasteiger partial charge in [0.2, 0.25) is 0 Å². The van der Waals surface area contributed by atoms with Gasteiger partial charge in [-0.15, -0.1) is 0 Å². The van der Waals surface area contributed by atoms with E-state index in [1.165, 1.54) is 0 Å². The molecule has 1 aromatic carbocycles. The van der Waals surface area contributed by atoms with E-state index in [-0.39, 0.29) is 12.3 Å². The predicted molar refractivity (Wildman–Crippen MR) is 74.2 cm³/mol. The monoisotopic (exact) mass is 263 g/mol. The van der Waals surface area contributed by atoms with Crippen molar-refractivity contribution in [3.05, 3.63) is 35.4 Å². The lowest BCUT2D eigenvalue weighted by atomic mass is 9.96. The third-order valence-corrected chi connectivity index (χ3v) is 3.06. The molecule has 0 atom stereocenters. The minimum Gasteiger partial charge on any atom is -0.481 e. The quantitative estimate of drug-likeness (QED) is 0.829. The highest BCUT2D eigenvalue weighted by Crippen LogP contribution is 2.15. The Labute approximate surface area is 113 Å². The van der Waals surface area contributed by atoms with Crippen LogP contribution in [0.1, 0.15) is 49.5 Å². The molecule has 0 aliphatic rings. The van der Waals surface area contributed by atoms with E-state index in [1.54, 1.807) is 6.07 Å². The molecule has 4 heteroatoms. The molecule has 0 bridgehead atoms. The van der Waals surface area contributed by atoms with Gasteiger partial charge >= 0.3 is 5.97 Å². The van der Waals surface area contributed by atoms with Crippen LogP contribution in [0.25, 0.3) is 0 Å². The summed E-state index contributed by atoms with van der Waals surface area (Å²) < 4.78 is 0. The number of rotatable bonds is 6. The van der Waals surface area contributed by atoms with Crippen LogP contribution >= 0.6 is 0 Å². The number of hydrogen-bond acceptors (Lipinski definition) is 2. The molecule has 0 fully saturated rings. The highest BCUT2D eigenvalue weighted by molar-refractivity contribution is 5.96. The minimum atomic E-state index is -0.851. The van der Waals surface area contributed by atoms with Crippen molar-refractivity contribution >= 4 is 11.9 Å². The van der Waals surface area contributed by atoms with Gasteiger partial charge in [-0.25, -0.2) is 0 Å². The van der Waals surface area contributed by atoms with E-state index < -0.39 is 11.5 Å². The molecule has 104 valence electrons. The normalized spacial score (nSPS) is 11.1. The first-order valence-electron chi connectivity index (χ1n) is 6.48. The number of aryl methyl sites for hydroxylation is 1. The van der Waals surface area contributed by atoms with Crippen LogP contribution in [0.4, 0.5) is 0 Å². The van der Waals surface area contributed by atoms with E-state index in [9.17, 15) is 9.59 Å². The van der Waals surface area contributed by atoms with Gasteiger partial charge in [-0.2, -0.15) is 0 Å². The van der Waals surface area contributed by atoms with Gasteiger partial charge in [0, 0.05) is 17.5 Å². The number of amides is 1. The lowest BCUT2D eigenvalue weighted by molar-refractivity contribution is -0.137. The summed E-state index contributed by atoms with van der Waals surface area (Å²) in [6.07, 6.45) is 1.24. The van der Waals surface area contributed by atoms with Gasteiger partial charge in [0.25, 0.3) is 5.91 Å². The summed E-state index contributed by atoms with van der Waals surface area (Å²) in [6, 6.07) is 7.46. The fourth-order valence-electron chi connectivity index (χ4n) is 1.91. The molecule has 0 saturated heterocycles. The van der Waals surface area contributed by atoms with Crippen LogP contribution in [0, 0.1) is 0 Å². The molecule has 1 amide bonds. The first-order valence-corrected chi connectivity index (χ1v) is 6.48. The van der Waals surface area contributed by atoms with Crippen LogP contribution in [-0.4, -0.2) is 22.5 Å². The predicted octanol–water partition coefficient (Wildman–Crippen LogP) is 2.62. The number of aliphatic carboxylic acids is 1. The van der Waals surface area contributed by atoms with Crippen molar-refractivity contribution in [2.24, 2.45) is 0 Å². The van der Waals surface area contributed by atoms with Crippen molar-refractivity contribution in [2.45, 2.75) is 45.6 Å². The summed E-state index contributed by atoms with van der Waals surface area (Å²) in [4.78, 5) is 22.8. The van der Waals surface area contributed by atoms with Gasteiger partial charge in [0.05, 0.1) is 0 Å². The Kier molecular flexibility index (Phi) is 5.10. The zero-order valence-corrected chi connectivity index (χ0v) is 11.7. The first-order chi connectivity index (χ1) is 8.85. The van der Waals surface area contributed by atoms with E-state index in [4.69, 9.17) is 5.11 Å². The molecule has 4 nitrogen and oxygen atoms in total. The Morgan fingerprint density at radius 3 is 2.47 bits per heavy atom. The number of carbonyl (C=O) groups is 2. The zero-order chi connectivity index (χ0) is 14.5. The molecule has 0 aromatic heterocycles. The number of carboxylic acids is 1. The molecule has 0 radical (unpaired) electrons. The average molecular weight is 263 g/mol. The maximum Gasteiger partial charge on any atom is 0.303 e. The van der Waals surface area contributed by atoms with Crippen LogP contribution in [0.2, 0.25) is 0 Å². The maximum atomic E-state index is 12.2. The second-order valence-electron chi connectivity index (χ2n) is 5.24. The average Bonchev–Trinajstić information content (AvgIpc) is 2.36. The lowest BCUT2D eigenvalue weighted by Crippen LogP contribution is -2.44. The number of carbonyl (C=O) groups excluding carboxylic acids is 1. The van der Waals surface area contributed by atoms with E-state index in [1.807, 2.05) is 39.0 Å². The molecular weight excluding hydrogens is 242 g/mol. The summed E-state index contributed by atoms with van der Waals surface area (Å²) in [5.74, 6) is -0.996. The number of hydrogen-bond donors (Lipinski definition) is 2.